The van der Waals surface area contributed by atoms with Crippen LogP contribution in [0.1, 0.15) is 12.5 Å². The summed E-state index contributed by atoms with van der Waals surface area (Å²) in [6.45, 7) is 4.43. The van der Waals surface area contributed by atoms with E-state index in [0.717, 1.165) is 0 Å². The van der Waals surface area contributed by atoms with Crippen LogP contribution in [0.15, 0.2) is 54.9 Å². The molecule has 1 aromatic carbocycles. The fourth-order valence-corrected chi connectivity index (χ4v) is 3.39. The highest BCUT2D eigenvalue weighted by Crippen LogP contribution is 2.44. The van der Waals surface area contributed by atoms with Crippen molar-refractivity contribution in [1.82, 2.24) is 4.40 Å². The average molecular weight is 277 g/mol. The van der Waals surface area contributed by atoms with Crippen LogP contribution in [0.5, 0.6) is 0 Å². The van der Waals surface area contributed by atoms with Gasteiger partial charge in [0, 0.05) is 19.4 Å². The van der Waals surface area contributed by atoms with E-state index in [1.807, 2.05) is 0 Å². The molecular formula is C18H19N3. The molecule has 0 saturated heterocycles. The molecule has 1 aliphatic rings. The van der Waals surface area contributed by atoms with E-state index in [0.29, 0.717) is 6.17 Å². The highest BCUT2D eigenvalue weighted by atomic mass is 15.4. The largest absolute Gasteiger partial charge is 0.353 e. The van der Waals surface area contributed by atoms with E-state index >= 15 is 0 Å². The van der Waals surface area contributed by atoms with E-state index in [9.17, 15) is 0 Å². The quantitative estimate of drug-likeness (QED) is 0.660. The highest BCUT2D eigenvalue weighted by molar-refractivity contribution is 5.90. The molecule has 0 amide bonds. The van der Waals surface area contributed by atoms with Crippen LogP contribution in [-0.4, -0.2) is 17.6 Å². The second-order valence-electron chi connectivity index (χ2n) is 5.75. The lowest BCUT2D eigenvalue weighted by atomic mass is 10.2. The Labute approximate surface area is 125 Å². The van der Waals surface area contributed by atoms with Gasteiger partial charge in [-0.15, -0.1) is 0 Å². The fourth-order valence-electron chi connectivity index (χ4n) is 3.39. The third-order valence-electron chi connectivity index (χ3n) is 4.58. The Hall–Kier alpha value is -2.42. The molecule has 3 aromatic rings. The van der Waals surface area contributed by atoms with Crippen LogP contribution in [0, 0.1) is 6.92 Å². The lowest BCUT2D eigenvalue weighted by Crippen LogP contribution is -2.35. The van der Waals surface area contributed by atoms with Crippen molar-refractivity contribution in [2.75, 3.05) is 16.8 Å². The minimum Gasteiger partial charge on any atom is -0.353 e. The Balaban J connectivity index is 1.97. The first-order chi connectivity index (χ1) is 10.2. The number of aryl methyl sites for hydroxylation is 1. The second-order valence-corrected chi connectivity index (χ2v) is 5.75. The predicted octanol–water partition coefficient (Wildman–Crippen LogP) is 4.18. The summed E-state index contributed by atoms with van der Waals surface area (Å²) in [5, 5.41) is 0. The summed E-state index contributed by atoms with van der Waals surface area (Å²) in [6.07, 6.45) is 4.57. The number of para-hydroxylation sites is 2. The summed E-state index contributed by atoms with van der Waals surface area (Å²) >= 11 is 0. The Morgan fingerprint density at radius 3 is 2.43 bits per heavy atom. The first-order valence-electron chi connectivity index (χ1n) is 7.36. The minimum atomic E-state index is 0.313. The van der Waals surface area contributed by atoms with Gasteiger partial charge in [0.15, 0.2) is 0 Å². The summed E-state index contributed by atoms with van der Waals surface area (Å²) < 4.78 is 2.21. The van der Waals surface area contributed by atoms with Crippen molar-refractivity contribution >= 4 is 22.6 Å². The zero-order chi connectivity index (χ0) is 14.6. The Morgan fingerprint density at radius 2 is 1.62 bits per heavy atom. The maximum absolute atomic E-state index is 2.43. The van der Waals surface area contributed by atoms with Gasteiger partial charge in [-0.2, -0.15) is 0 Å². The molecule has 106 valence electrons. The van der Waals surface area contributed by atoms with Crippen molar-refractivity contribution in [2.45, 2.75) is 20.0 Å². The number of hydrogen-bond acceptors (Lipinski definition) is 2. The summed E-state index contributed by atoms with van der Waals surface area (Å²) in [4.78, 5) is 4.76. The lowest BCUT2D eigenvalue weighted by Gasteiger charge is -2.27. The molecular weight excluding hydrogens is 258 g/mol. The molecule has 0 N–H and O–H groups in total. The third kappa shape index (κ3) is 1.60. The number of benzene rings is 1. The summed E-state index contributed by atoms with van der Waals surface area (Å²) in [5.41, 5.74) is 6.44. The van der Waals surface area contributed by atoms with Gasteiger partial charge in [0.1, 0.15) is 6.17 Å². The number of rotatable bonds is 1. The Morgan fingerprint density at radius 1 is 0.857 bits per heavy atom. The molecule has 0 radical (unpaired) electrons. The molecule has 21 heavy (non-hydrogen) atoms. The zero-order valence-corrected chi connectivity index (χ0v) is 12.6. The lowest BCUT2D eigenvalue weighted by molar-refractivity contribution is 0.736. The van der Waals surface area contributed by atoms with E-state index in [-0.39, 0.29) is 0 Å². The van der Waals surface area contributed by atoms with Crippen LogP contribution in [0.25, 0.3) is 5.52 Å². The average Bonchev–Trinajstić information content (AvgIpc) is 3.02. The van der Waals surface area contributed by atoms with Gasteiger partial charge in [0.05, 0.1) is 22.6 Å². The van der Waals surface area contributed by atoms with Crippen molar-refractivity contribution in [3.05, 3.63) is 60.4 Å². The van der Waals surface area contributed by atoms with Crippen molar-refractivity contribution in [2.24, 2.45) is 0 Å². The molecule has 3 nitrogen and oxygen atoms in total. The van der Waals surface area contributed by atoms with E-state index in [4.69, 9.17) is 0 Å². The Bertz CT molecular complexity index is 818. The maximum atomic E-state index is 2.43. The normalized spacial score (nSPS) is 17.6. The van der Waals surface area contributed by atoms with Crippen molar-refractivity contribution in [3.63, 3.8) is 0 Å². The molecule has 0 fully saturated rings. The van der Waals surface area contributed by atoms with Crippen LogP contribution < -0.4 is 9.80 Å². The van der Waals surface area contributed by atoms with Gasteiger partial charge >= 0.3 is 0 Å². The number of fused-ring (bicyclic) bond motifs is 2. The van der Waals surface area contributed by atoms with E-state index < -0.39 is 0 Å². The van der Waals surface area contributed by atoms with Crippen LogP contribution in [-0.2, 0) is 0 Å². The van der Waals surface area contributed by atoms with Crippen molar-refractivity contribution in [1.29, 1.82) is 0 Å². The molecule has 3 heteroatoms. The van der Waals surface area contributed by atoms with Crippen LogP contribution in [0.4, 0.5) is 17.1 Å². The predicted molar refractivity (Wildman–Crippen MR) is 88.6 cm³/mol. The number of hydrogen-bond donors (Lipinski definition) is 0. The Kier molecular flexibility index (Phi) is 2.52. The number of aromatic nitrogens is 1. The third-order valence-corrected chi connectivity index (χ3v) is 4.58. The number of anilines is 3. The van der Waals surface area contributed by atoms with Crippen LogP contribution in [0.3, 0.4) is 0 Å². The smallest absolute Gasteiger partial charge is 0.103 e. The topological polar surface area (TPSA) is 10.9 Å². The van der Waals surface area contributed by atoms with Gasteiger partial charge in [-0.25, -0.2) is 0 Å². The summed E-state index contributed by atoms with van der Waals surface area (Å²) in [6, 6.07) is 15.1. The van der Waals surface area contributed by atoms with Gasteiger partial charge < -0.3 is 14.2 Å². The van der Waals surface area contributed by atoms with Crippen molar-refractivity contribution in [3.8, 4) is 0 Å². The molecule has 3 heterocycles. The first-order valence-corrected chi connectivity index (χ1v) is 7.36. The van der Waals surface area contributed by atoms with Gasteiger partial charge in [0.2, 0.25) is 0 Å². The standard InChI is InChI=1S/C18H19N3/c1-13-7-6-11-20-12-10-17(18(13)20)21-14(2)19(3)15-8-4-5-9-16(15)21/h4-12,14H,1-3H3/t14-/m0/s1. The van der Waals surface area contributed by atoms with Gasteiger partial charge in [-0.1, -0.05) is 18.2 Å². The molecule has 0 bridgehead atoms. The molecule has 1 atom stereocenters. The molecule has 4 rings (SSSR count). The number of nitrogens with zero attached hydrogens (tertiary/aromatic N) is 3. The first kappa shape index (κ1) is 12.3. The molecule has 0 aliphatic carbocycles. The zero-order valence-electron chi connectivity index (χ0n) is 12.6. The van der Waals surface area contributed by atoms with Crippen molar-refractivity contribution < 1.29 is 0 Å². The molecule has 0 unspecified atom stereocenters. The summed E-state index contributed by atoms with van der Waals surface area (Å²) in [7, 11) is 2.16. The molecule has 1 aliphatic heterocycles. The number of pyridine rings is 1. The fraction of sp³-hybridized carbons (Fsp3) is 0.222. The van der Waals surface area contributed by atoms with Crippen LogP contribution in [0.2, 0.25) is 0 Å². The highest BCUT2D eigenvalue weighted by Gasteiger charge is 2.32. The van der Waals surface area contributed by atoms with Gasteiger partial charge in [-0.05, 0) is 43.7 Å². The summed E-state index contributed by atoms with van der Waals surface area (Å²) in [5.74, 6) is 0. The molecule has 2 aromatic heterocycles. The van der Waals surface area contributed by atoms with Gasteiger partial charge in [-0.3, -0.25) is 0 Å². The second kappa shape index (κ2) is 4.29. The molecule has 0 saturated carbocycles. The van der Waals surface area contributed by atoms with Crippen LogP contribution >= 0.6 is 0 Å². The molecule has 0 spiro atoms. The van der Waals surface area contributed by atoms with Gasteiger partial charge in [0.25, 0.3) is 0 Å². The monoisotopic (exact) mass is 277 g/mol. The SMILES string of the molecule is Cc1cccn2ccc(N3c4ccccc4N(C)[C@@H]3C)c12. The van der Waals surface area contributed by atoms with E-state index in [1.54, 1.807) is 0 Å². The minimum absolute atomic E-state index is 0.313. The van der Waals surface area contributed by atoms with E-state index in [2.05, 4.69) is 90.0 Å². The van der Waals surface area contributed by atoms with E-state index in [1.165, 1.54) is 28.1 Å². The maximum Gasteiger partial charge on any atom is 0.103 e.